The molecule has 0 fully saturated rings. The van der Waals surface area contributed by atoms with Gasteiger partial charge in [-0.15, -0.1) is 0 Å². The Morgan fingerprint density at radius 1 is 0.368 bits per heavy atom. The molecule has 424 valence electrons. The average molecular weight is 1090 g/mol. The summed E-state index contributed by atoms with van der Waals surface area (Å²) in [6.07, 6.45) is 0.244. The fraction of sp³-hybridized carbons (Fsp3) is 0.575. The van der Waals surface area contributed by atoms with Gasteiger partial charge in [0.25, 0.3) is 0 Å². The lowest BCUT2D eigenvalue weighted by atomic mass is 10.1. The summed E-state index contributed by atoms with van der Waals surface area (Å²) in [5, 5.41) is 42.6. The van der Waals surface area contributed by atoms with Gasteiger partial charge in [-0.1, -0.05) is 0 Å². The van der Waals surface area contributed by atoms with E-state index >= 15 is 0 Å². The standard InChI is InChI=1S/C40H67N19O17/c1-19(35(71)51-12-28(64)47-10-26(62)46-11-27(63)50-16-34(70)59-23(39(75)76)6-5-7-44-40(42)43)57-32(68)17-54-38(74)22(4)56-31(67)15-49-29(65)13-52-36(72)20(2)58-33(69)18-53-37(73)21(3)55-30(66)14-48-25(61)9-45-24(60)8-41/h19-23H,5-18,41H2,1-4H3,(H,45,60)(H,46,62)(H,47,64)(H,48,61)(H,49,65)(H,50,63)(H,51,71)(H,52,72)(H,53,73)(H,54,74)(H,55,66)(H,56,67)(H,57,68)(H,58,69)(H,59,70)(H,75,76)(H4,42,43,44)/t19-,20-,21-,22-,23-/m0/s1. The smallest absolute Gasteiger partial charge is 0.326 e. The molecular formula is C40H67N19O17. The van der Waals surface area contributed by atoms with Crippen molar-refractivity contribution >= 4 is 101 Å². The summed E-state index contributed by atoms with van der Waals surface area (Å²) in [5.74, 6) is -13.5. The number of guanidine groups is 1. The fourth-order valence-corrected chi connectivity index (χ4v) is 5.18. The molecule has 5 atom stereocenters. The van der Waals surface area contributed by atoms with Crippen LogP contribution in [-0.4, -0.2) is 214 Å². The van der Waals surface area contributed by atoms with Gasteiger partial charge in [0.05, 0.1) is 72.0 Å². The molecule has 36 nitrogen and oxygen atoms in total. The number of hydrogen-bond donors (Lipinski definition) is 19. The Morgan fingerprint density at radius 2 is 0.605 bits per heavy atom. The predicted octanol–water partition coefficient (Wildman–Crippen LogP) is -13.3. The summed E-state index contributed by atoms with van der Waals surface area (Å²) in [7, 11) is 0. The largest absolute Gasteiger partial charge is 0.480 e. The number of carbonyl (C=O) groups is 16. The van der Waals surface area contributed by atoms with E-state index in [2.05, 4.69) is 84.7 Å². The molecule has 0 heterocycles. The minimum absolute atomic E-state index is 0.00142. The zero-order valence-electron chi connectivity index (χ0n) is 41.9. The van der Waals surface area contributed by atoms with E-state index in [0.717, 1.165) is 0 Å². The quantitative estimate of drug-likeness (QED) is 0.0159. The van der Waals surface area contributed by atoms with Crippen LogP contribution in [0.4, 0.5) is 0 Å². The van der Waals surface area contributed by atoms with Crippen molar-refractivity contribution in [2.75, 3.05) is 78.5 Å². The second kappa shape index (κ2) is 36.6. The van der Waals surface area contributed by atoms with E-state index in [1.165, 1.54) is 27.7 Å². The minimum atomic E-state index is -1.32. The van der Waals surface area contributed by atoms with E-state index in [0.29, 0.717) is 0 Å². The van der Waals surface area contributed by atoms with Crippen LogP contribution in [0.1, 0.15) is 40.5 Å². The van der Waals surface area contributed by atoms with Crippen molar-refractivity contribution in [2.45, 2.75) is 70.7 Å². The summed E-state index contributed by atoms with van der Waals surface area (Å²) in [6, 6.07) is -6.07. The van der Waals surface area contributed by atoms with Gasteiger partial charge in [0.1, 0.15) is 30.2 Å². The molecule has 0 rings (SSSR count). The average Bonchev–Trinajstić information content (AvgIpc) is 3.36. The van der Waals surface area contributed by atoms with Gasteiger partial charge in [0, 0.05) is 6.54 Å². The number of carbonyl (C=O) groups excluding carboxylic acids is 15. The van der Waals surface area contributed by atoms with Crippen molar-refractivity contribution < 1.29 is 81.8 Å². The molecule has 0 aromatic rings. The van der Waals surface area contributed by atoms with Crippen LogP contribution < -0.4 is 97.0 Å². The molecule has 0 aromatic heterocycles. The van der Waals surface area contributed by atoms with Crippen LogP contribution in [-0.2, 0) is 76.7 Å². The van der Waals surface area contributed by atoms with Crippen LogP contribution in [0.25, 0.3) is 0 Å². The maximum Gasteiger partial charge on any atom is 0.326 e. The number of hydrogen-bond acceptors (Lipinski definition) is 18. The van der Waals surface area contributed by atoms with Crippen LogP contribution in [0.15, 0.2) is 4.99 Å². The first kappa shape index (κ1) is 66.8. The molecule has 0 unspecified atom stereocenters. The van der Waals surface area contributed by atoms with Crippen LogP contribution in [0, 0.1) is 0 Å². The van der Waals surface area contributed by atoms with Gasteiger partial charge >= 0.3 is 5.97 Å². The van der Waals surface area contributed by atoms with Crippen molar-refractivity contribution in [3.05, 3.63) is 0 Å². The summed E-state index contributed by atoms with van der Waals surface area (Å²) in [6.45, 7) is -1.10. The number of carboxylic acids is 1. The Morgan fingerprint density at radius 3 is 0.868 bits per heavy atom. The molecule has 36 heteroatoms. The molecule has 0 aliphatic rings. The van der Waals surface area contributed by atoms with Crippen LogP contribution >= 0.6 is 0 Å². The third kappa shape index (κ3) is 32.7. The lowest BCUT2D eigenvalue weighted by molar-refractivity contribution is -0.142. The van der Waals surface area contributed by atoms with E-state index in [1.54, 1.807) is 0 Å². The second-order valence-corrected chi connectivity index (χ2v) is 15.8. The van der Waals surface area contributed by atoms with Gasteiger partial charge in [0.2, 0.25) is 88.6 Å². The Bertz CT molecular complexity index is 2170. The molecule has 0 aliphatic heterocycles. The minimum Gasteiger partial charge on any atom is -0.480 e. The molecule has 0 saturated heterocycles. The molecule has 0 saturated carbocycles. The highest BCUT2D eigenvalue weighted by atomic mass is 16.4. The summed E-state index contributed by atoms with van der Waals surface area (Å²) < 4.78 is 0. The SMILES string of the molecule is C[C@H](NC(=O)CNC(=O)CNC(=O)[C@H](C)NC(=O)CNC(=O)[C@H](C)NC(=O)CNC(=O)CNC(=O)CN)C(=O)NCC(=O)N[C@@H](C)C(=O)NCC(=O)NCC(=O)NCC(=O)NCC(=O)N[C@@H](CCCN=C(N)N)C(=O)O. The maximum absolute atomic E-state index is 12.5. The molecule has 22 N–H and O–H groups in total. The molecule has 15 amide bonds. The number of carboxylic acid groups (broad SMARTS) is 1. The topological polar surface area (TPSA) is 564 Å². The first-order valence-electron chi connectivity index (χ1n) is 22.8. The Kier molecular flexibility index (Phi) is 32.2. The normalized spacial score (nSPS) is 12.2. The molecule has 0 aromatic carbocycles. The van der Waals surface area contributed by atoms with Gasteiger partial charge in [-0.05, 0) is 40.5 Å². The van der Waals surface area contributed by atoms with E-state index in [9.17, 15) is 81.8 Å². The molecule has 76 heavy (non-hydrogen) atoms. The van der Waals surface area contributed by atoms with Crippen molar-refractivity contribution in [3.63, 3.8) is 0 Å². The van der Waals surface area contributed by atoms with Gasteiger partial charge < -0.3 is 102 Å². The van der Waals surface area contributed by atoms with Gasteiger partial charge in [-0.3, -0.25) is 76.9 Å². The van der Waals surface area contributed by atoms with Crippen LogP contribution in [0.3, 0.4) is 0 Å². The highest BCUT2D eigenvalue weighted by molar-refractivity contribution is 5.97. The first-order valence-corrected chi connectivity index (χ1v) is 22.8. The Labute approximate surface area is 433 Å². The van der Waals surface area contributed by atoms with Gasteiger partial charge in [-0.25, -0.2) is 4.79 Å². The lowest BCUT2D eigenvalue weighted by Crippen LogP contribution is -2.53. The van der Waals surface area contributed by atoms with Crippen molar-refractivity contribution in [1.29, 1.82) is 0 Å². The third-order valence-corrected chi connectivity index (χ3v) is 9.22. The first-order chi connectivity index (χ1) is 35.6. The number of aliphatic imine (C=N–C) groups is 1. The van der Waals surface area contributed by atoms with E-state index < -0.39 is 190 Å². The van der Waals surface area contributed by atoms with Crippen molar-refractivity contribution in [1.82, 2.24) is 79.8 Å². The number of rotatable bonds is 35. The highest BCUT2D eigenvalue weighted by Crippen LogP contribution is 1.98. The van der Waals surface area contributed by atoms with Crippen LogP contribution in [0.5, 0.6) is 0 Å². The van der Waals surface area contributed by atoms with Crippen molar-refractivity contribution in [2.24, 2.45) is 22.2 Å². The molecule has 0 aliphatic carbocycles. The van der Waals surface area contributed by atoms with E-state index in [-0.39, 0.29) is 31.9 Å². The van der Waals surface area contributed by atoms with Gasteiger partial charge in [-0.2, -0.15) is 0 Å². The summed E-state index contributed by atoms with van der Waals surface area (Å²) >= 11 is 0. The molecular weight excluding hydrogens is 1020 g/mol. The van der Waals surface area contributed by atoms with E-state index in [1.807, 2.05) is 0 Å². The highest BCUT2D eigenvalue weighted by Gasteiger charge is 2.23. The number of aliphatic carboxylic acids is 1. The lowest BCUT2D eigenvalue weighted by Gasteiger charge is -2.17. The number of nitrogens with zero attached hydrogens (tertiary/aromatic N) is 1. The number of amides is 15. The van der Waals surface area contributed by atoms with Gasteiger partial charge in [0.15, 0.2) is 5.96 Å². The third-order valence-electron chi connectivity index (χ3n) is 9.22. The fourth-order valence-electron chi connectivity index (χ4n) is 5.18. The zero-order valence-corrected chi connectivity index (χ0v) is 41.9. The number of nitrogens with two attached hydrogens (primary N) is 3. The molecule has 0 radical (unpaired) electrons. The summed E-state index contributed by atoms with van der Waals surface area (Å²) in [4.78, 5) is 197. The molecule has 0 spiro atoms. The predicted molar refractivity (Wildman–Crippen MR) is 259 cm³/mol. The van der Waals surface area contributed by atoms with Crippen LogP contribution in [0.2, 0.25) is 0 Å². The van der Waals surface area contributed by atoms with E-state index in [4.69, 9.17) is 17.2 Å². The van der Waals surface area contributed by atoms with Crippen molar-refractivity contribution in [3.8, 4) is 0 Å². The molecule has 0 bridgehead atoms. The zero-order chi connectivity index (χ0) is 57.9. The summed E-state index contributed by atoms with van der Waals surface area (Å²) in [5.41, 5.74) is 15.5. The monoisotopic (exact) mass is 1090 g/mol. The maximum atomic E-state index is 12.5. The Hall–Kier alpha value is -9.25. The second-order valence-electron chi connectivity index (χ2n) is 15.8. The number of nitrogens with one attached hydrogen (secondary N) is 15. The Balaban J connectivity index is 4.39.